The highest BCUT2D eigenvalue weighted by Gasteiger charge is 2.53. The zero-order chi connectivity index (χ0) is 16.9. The molecule has 5 nitrogen and oxygen atoms in total. The number of rotatable bonds is 2. The van der Waals surface area contributed by atoms with E-state index in [-0.39, 0.29) is 11.8 Å². The minimum absolute atomic E-state index is 0.0947. The Morgan fingerprint density at radius 3 is 2.58 bits per heavy atom. The summed E-state index contributed by atoms with van der Waals surface area (Å²) in [6, 6.07) is 7.63. The first-order valence-corrected chi connectivity index (χ1v) is 8.41. The molecule has 122 valence electrons. The van der Waals surface area contributed by atoms with Gasteiger partial charge in [-0.15, -0.1) is 0 Å². The Balaban J connectivity index is 2.09. The molecule has 1 aromatic carbocycles. The molecular weight excluding hydrogens is 347 g/mol. The van der Waals surface area contributed by atoms with Crippen molar-refractivity contribution in [3.63, 3.8) is 0 Å². The van der Waals surface area contributed by atoms with Gasteiger partial charge in [-0.1, -0.05) is 29.6 Å². The number of H-pyrrole nitrogens is 1. The van der Waals surface area contributed by atoms with E-state index in [4.69, 9.17) is 33.7 Å². The Kier molecular flexibility index (Phi) is 3.48. The van der Waals surface area contributed by atoms with E-state index in [0.29, 0.717) is 21.5 Å². The standard InChI is InChI=1S/C17H14Cl2N4O/c18-11-4-10(5-12(19)6-11)17(9-2-1-3-9)13(7-20)15(21)24-16-14(17)8-22-23-16/h4-6,8-9H,1-3,21H2,(H,22,23). The number of hydrogen-bond donors (Lipinski definition) is 2. The van der Waals surface area contributed by atoms with Gasteiger partial charge in [0.1, 0.15) is 11.6 Å². The number of aromatic amines is 1. The van der Waals surface area contributed by atoms with Crippen LogP contribution in [0.25, 0.3) is 0 Å². The molecule has 1 aromatic heterocycles. The third-order valence-corrected chi connectivity index (χ3v) is 5.47. The summed E-state index contributed by atoms with van der Waals surface area (Å²) in [6.07, 6.45) is 4.76. The highest BCUT2D eigenvalue weighted by molar-refractivity contribution is 6.34. The van der Waals surface area contributed by atoms with Gasteiger partial charge in [0.15, 0.2) is 0 Å². The SMILES string of the molecule is N#CC1=C(N)Oc2[nH]ncc2C1(c1cc(Cl)cc(Cl)c1)C1CCC1. The van der Waals surface area contributed by atoms with E-state index in [2.05, 4.69) is 16.3 Å². The van der Waals surface area contributed by atoms with Gasteiger partial charge in [-0.25, -0.2) is 5.10 Å². The number of hydrogen-bond acceptors (Lipinski definition) is 4. The number of benzene rings is 1. The zero-order valence-corrected chi connectivity index (χ0v) is 14.2. The first-order chi connectivity index (χ1) is 11.6. The summed E-state index contributed by atoms with van der Waals surface area (Å²) in [5, 5.41) is 17.8. The van der Waals surface area contributed by atoms with Crippen LogP contribution in [0.5, 0.6) is 5.88 Å². The van der Waals surface area contributed by atoms with E-state index < -0.39 is 5.41 Å². The van der Waals surface area contributed by atoms with Crippen molar-refractivity contribution in [2.24, 2.45) is 11.7 Å². The predicted octanol–water partition coefficient (Wildman–Crippen LogP) is 3.89. The second kappa shape index (κ2) is 5.44. The monoisotopic (exact) mass is 360 g/mol. The molecule has 1 atom stereocenters. The number of allylic oxidation sites excluding steroid dienone is 1. The van der Waals surface area contributed by atoms with Crippen LogP contribution in [-0.4, -0.2) is 10.2 Å². The van der Waals surface area contributed by atoms with Gasteiger partial charge >= 0.3 is 0 Å². The fraction of sp³-hybridized carbons (Fsp3) is 0.294. The van der Waals surface area contributed by atoms with Crippen molar-refractivity contribution in [2.75, 3.05) is 0 Å². The van der Waals surface area contributed by atoms with Crippen molar-refractivity contribution < 1.29 is 4.74 Å². The number of fused-ring (bicyclic) bond motifs is 1. The lowest BCUT2D eigenvalue weighted by atomic mass is 9.55. The molecule has 0 spiro atoms. The normalized spacial score (nSPS) is 23.2. The molecule has 0 radical (unpaired) electrons. The van der Waals surface area contributed by atoms with Crippen molar-refractivity contribution in [2.45, 2.75) is 24.7 Å². The first-order valence-electron chi connectivity index (χ1n) is 7.66. The van der Waals surface area contributed by atoms with Crippen molar-refractivity contribution >= 4 is 23.2 Å². The van der Waals surface area contributed by atoms with Crippen LogP contribution in [-0.2, 0) is 5.41 Å². The molecule has 7 heteroatoms. The fourth-order valence-corrected chi connectivity index (χ4v) is 4.37. The Hall–Kier alpha value is -2.16. The van der Waals surface area contributed by atoms with Crippen LogP contribution in [0, 0.1) is 17.2 Å². The number of nitrogens with zero attached hydrogens (tertiary/aromatic N) is 2. The van der Waals surface area contributed by atoms with Crippen molar-refractivity contribution in [3.8, 4) is 11.9 Å². The highest BCUT2D eigenvalue weighted by Crippen LogP contribution is 2.57. The van der Waals surface area contributed by atoms with Crippen LogP contribution >= 0.6 is 23.2 Å². The summed E-state index contributed by atoms with van der Waals surface area (Å²) < 4.78 is 5.58. The molecule has 3 N–H and O–H groups in total. The molecule has 2 aromatic rings. The molecular formula is C17H14Cl2N4O. The average molecular weight is 361 g/mol. The van der Waals surface area contributed by atoms with E-state index in [1.807, 2.05) is 12.1 Å². The lowest BCUT2D eigenvalue weighted by molar-refractivity contribution is 0.207. The number of nitrogens with two attached hydrogens (primary N) is 1. The zero-order valence-electron chi connectivity index (χ0n) is 12.6. The molecule has 2 heterocycles. The minimum Gasteiger partial charge on any atom is -0.422 e. The van der Waals surface area contributed by atoms with Gasteiger partial charge in [-0.3, -0.25) is 0 Å². The number of ether oxygens (including phenoxy) is 1. The first kappa shape index (κ1) is 15.4. The van der Waals surface area contributed by atoms with Gasteiger partial charge in [-0.05, 0) is 42.5 Å². The van der Waals surface area contributed by atoms with E-state index in [1.54, 1.807) is 12.3 Å². The molecule has 1 unspecified atom stereocenters. The average Bonchev–Trinajstić information content (AvgIpc) is 2.92. The van der Waals surface area contributed by atoms with Gasteiger partial charge in [0.05, 0.1) is 17.2 Å². The number of nitriles is 1. The maximum Gasteiger partial charge on any atom is 0.221 e. The Morgan fingerprint density at radius 2 is 2.00 bits per heavy atom. The largest absolute Gasteiger partial charge is 0.422 e. The number of aromatic nitrogens is 2. The van der Waals surface area contributed by atoms with E-state index in [9.17, 15) is 5.26 Å². The van der Waals surface area contributed by atoms with Gasteiger partial charge in [0.2, 0.25) is 11.8 Å². The molecule has 0 amide bonds. The van der Waals surface area contributed by atoms with Crippen LogP contribution in [0.1, 0.15) is 30.4 Å². The summed E-state index contributed by atoms with van der Waals surface area (Å²) in [5.41, 5.74) is 7.38. The Bertz CT molecular complexity index is 874. The van der Waals surface area contributed by atoms with Crippen LogP contribution in [0.3, 0.4) is 0 Å². The van der Waals surface area contributed by atoms with E-state index in [0.717, 1.165) is 30.4 Å². The van der Waals surface area contributed by atoms with Crippen molar-refractivity contribution in [1.29, 1.82) is 5.26 Å². The topological polar surface area (TPSA) is 87.7 Å². The molecule has 1 aliphatic heterocycles. The van der Waals surface area contributed by atoms with Crippen molar-refractivity contribution in [1.82, 2.24) is 10.2 Å². The van der Waals surface area contributed by atoms with Crippen LogP contribution in [0.15, 0.2) is 35.9 Å². The minimum atomic E-state index is -0.744. The number of halogens is 2. The van der Waals surface area contributed by atoms with Gasteiger partial charge in [0.25, 0.3) is 0 Å². The lowest BCUT2D eigenvalue weighted by Gasteiger charge is -2.47. The highest BCUT2D eigenvalue weighted by atomic mass is 35.5. The summed E-state index contributed by atoms with van der Waals surface area (Å²) >= 11 is 12.5. The molecule has 1 aliphatic carbocycles. The molecule has 4 rings (SSSR count). The summed E-state index contributed by atoms with van der Waals surface area (Å²) in [7, 11) is 0. The van der Waals surface area contributed by atoms with Crippen LogP contribution in [0.2, 0.25) is 10.0 Å². The maximum atomic E-state index is 9.86. The van der Waals surface area contributed by atoms with Crippen LogP contribution < -0.4 is 10.5 Å². The molecule has 2 aliphatic rings. The Morgan fingerprint density at radius 1 is 1.29 bits per heavy atom. The molecule has 1 saturated carbocycles. The van der Waals surface area contributed by atoms with Gasteiger partial charge in [-0.2, -0.15) is 10.4 Å². The van der Waals surface area contributed by atoms with Gasteiger partial charge < -0.3 is 10.5 Å². The lowest BCUT2D eigenvalue weighted by Crippen LogP contribution is -2.45. The molecule has 1 fully saturated rings. The third-order valence-electron chi connectivity index (χ3n) is 5.03. The van der Waals surface area contributed by atoms with E-state index in [1.165, 1.54) is 0 Å². The summed E-state index contributed by atoms with van der Waals surface area (Å²) in [5.74, 6) is 0.771. The van der Waals surface area contributed by atoms with E-state index >= 15 is 0 Å². The van der Waals surface area contributed by atoms with Gasteiger partial charge in [0, 0.05) is 10.0 Å². The summed E-state index contributed by atoms with van der Waals surface area (Å²) in [6.45, 7) is 0. The van der Waals surface area contributed by atoms with Crippen LogP contribution in [0.4, 0.5) is 0 Å². The smallest absolute Gasteiger partial charge is 0.221 e. The number of nitrogens with one attached hydrogen (secondary N) is 1. The fourth-order valence-electron chi connectivity index (χ4n) is 3.85. The molecule has 24 heavy (non-hydrogen) atoms. The molecule has 0 saturated heterocycles. The second-order valence-electron chi connectivity index (χ2n) is 6.16. The maximum absolute atomic E-state index is 9.86. The summed E-state index contributed by atoms with van der Waals surface area (Å²) in [4.78, 5) is 0. The predicted molar refractivity (Wildman–Crippen MR) is 90.6 cm³/mol. The third kappa shape index (κ3) is 1.97. The molecule has 0 bridgehead atoms. The van der Waals surface area contributed by atoms with Crippen molar-refractivity contribution in [3.05, 3.63) is 57.0 Å². The second-order valence-corrected chi connectivity index (χ2v) is 7.03. The quantitative estimate of drug-likeness (QED) is 0.850. The Labute approximate surface area is 149 Å².